The van der Waals surface area contributed by atoms with Gasteiger partial charge >= 0.3 is 6.18 Å². The lowest BCUT2D eigenvalue weighted by Crippen LogP contribution is -2.09. The Bertz CT molecular complexity index is 790. The zero-order valence-electron chi connectivity index (χ0n) is 13.2. The normalized spacial score (nSPS) is 11.6. The van der Waals surface area contributed by atoms with E-state index < -0.39 is 17.6 Å². The van der Waals surface area contributed by atoms with E-state index in [-0.39, 0.29) is 16.7 Å². The Kier molecular flexibility index (Phi) is 5.63. The number of benzene rings is 1. The zero-order chi connectivity index (χ0) is 18.6. The summed E-state index contributed by atoms with van der Waals surface area (Å²) in [7, 11) is 3.46. The highest BCUT2D eigenvalue weighted by Crippen LogP contribution is 2.34. The topological polar surface area (TPSA) is 54.8 Å². The van der Waals surface area contributed by atoms with Gasteiger partial charge in [0, 0.05) is 25.9 Å². The van der Waals surface area contributed by atoms with Crippen LogP contribution in [-0.2, 0) is 6.18 Å². The van der Waals surface area contributed by atoms with Crippen molar-refractivity contribution in [2.75, 3.05) is 14.1 Å². The van der Waals surface area contributed by atoms with Gasteiger partial charge in [-0.1, -0.05) is 11.6 Å². The van der Waals surface area contributed by atoms with Crippen molar-refractivity contribution in [1.29, 1.82) is 0 Å². The number of alkyl halides is 3. The summed E-state index contributed by atoms with van der Waals surface area (Å²) in [4.78, 5) is 20.7. The molecule has 1 heterocycles. The predicted octanol–water partition coefficient (Wildman–Crippen LogP) is 4.28. The van der Waals surface area contributed by atoms with Gasteiger partial charge in [-0.25, -0.2) is 4.98 Å². The molecule has 0 bridgehead atoms. The minimum absolute atomic E-state index is 0.167. The summed E-state index contributed by atoms with van der Waals surface area (Å²) in [6.45, 7) is 0. The summed E-state index contributed by atoms with van der Waals surface area (Å²) in [5, 5.41) is -0.273. The van der Waals surface area contributed by atoms with Crippen molar-refractivity contribution in [3.8, 4) is 11.6 Å². The number of hydrogen-bond acceptors (Lipinski definition) is 3. The van der Waals surface area contributed by atoms with E-state index in [0.29, 0.717) is 11.8 Å². The van der Waals surface area contributed by atoms with Crippen molar-refractivity contribution in [2.45, 2.75) is 6.18 Å². The Morgan fingerprint density at radius 3 is 2.44 bits per heavy atom. The van der Waals surface area contributed by atoms with Gasteiger partial charge in [0.05, 0.1) is 11.9 Å². The molecule has 0 aliphatic rings. The summed E-state index contributed by atoms with van der Waals surface area (Å²) in [5.41, 5.74) is -0.638. The van der Waals surface area contributed by atoms with E-state index in [1.165, 1.54) is 30.6 Å². The van der Waals surface area contributed by atoms with Crippen molar-refractivity contribution in [3.05, 3.63) is 52.7 Å². The number of aromatic nitrogens is 1. The molecule has 132 valence electrons. The summed E-state index contributed by atoms with van der Waals surface area (Å²) in [5.74, 6) is -0.340. The largest absolute Gasteiger partial charge is 0.438 e. The molecule has 1 amide bonds. The first-order valence-electron chi connectivity index (χ1n) is 6.92. The number of halogens is 4. The second-order valence-corrected chi connectivity index (χ2v) is 5.56. The molecule has 0 aliphatic heterocycles. The first kappa shape index (κ1) is 18.7. The number of pyridine rings is 1. The summed E-state index contributed by atoms with van der Waals surface area (Å²) >= 11 is 5.77. The fraction of sp³-hybridized carbons (Fsp3) is 0.188. The molecule has 0 radical (unpaired) electrons. The third kappa shape index (κ3) is 5.18. The van der Waals surface area contributed by atoms with E-state index in [4.69, 9.17) is 16.3 Å². The molecule has 1 aromatic heterocycles. The fourth-order valence-electron chi connectivity index (χ4n) is 1.68. The number of rotatable bonds is 4. The van der Waals surface area contributed by atoms with Crippen LogP contribution in [0.15, 0.2) is 41.5 Å². The van der Waals surface area contributed by atoms with Gasteiger partial charge in [-0.3, -0.25) is 4.79 Å². The van der Waals surface area contributed by atoms with E-state index in [1.807, 2.05) is 0 Å². The maximum Gasteiger partial charge on any atom is 0.417 e. The number of ether oxygens (including phenoxy) is 1. The van der Waals surface area contributed by atoms with Gasteiger partial charge in [-0.05, 0) is 30.3 Å². The zero-order valence-corrected chi connectivity index (χ0v) is 14.0. The molecule has 0 spiro atoms. The van der Waals surface area contributed by atoms with Gasteiger partial charge in [0.25, 0.3) is 5.91 Å². The van der Waals surface area contributed by atoms with Crippen LogP contribution in [-0.4, -0.2) is 36.2 Å². The molecule has 0 N–H and O–H groups in total. The van der Waals surface area contributed by atoms with Crippen LogP contribution < -0.4 is 4.74 Å². The summed E-state index contributed by atoms with van der Waals surface area (Å²) < 4.78 is 43.1. The predicted molar refractivity (Wildman–Crippen MR) is 87.3 cm³/mol. The third-order valence-corrected chi connectivity index (χ3v) is 3.13. The van der Waals surface area contributed by atoms with E-state index in [0.717, 1.165) is 6.07 Å². The van der Waals surface area contributed by atoms with Crippen LogP contribution in [0.4, 0.5) is 13.2 Å². The molecule has 0 saturated heterocycles. The van der Waals surface area contributed by atoms with E-state index in [2.05, 4.69) is 9.98 Å². The standard InChI is InChI=1S/C16H13ClF3N3O2/c1-23(2)9-22-14(24)10-3-5-12(6-4-10)25-15-13(17)7-11(8-21-15)16(18,19)20/h3-9H,1-2H3. The maximum absolute atomic E-state index is 12.6. The van der Waals surface area contributed by atoms with Crippen LogP contribution >= 0.6 is 11.6 Å². The van der Waals surface area contributed by atoms with Crippen molar-refractivity contribution in [3.63, 3.8) is 0 Å². The Hall–Kier alpha value is -2.61. The molecular formula is C16H13ClF3N3O2. The van der Waals surface area contributed by atoms with Crippen LogP contribution in [0, 0.1) is 0 Å². The Morgan fingerprint density at radius 2 is 1.92 bits per heavy atom. The number of aliphatic imine (C=N–C) groups is 1. The number of amides is 1. The van der Waals surface area contributed by atoms with Crippen molar-refractivity contribution >= 4 is 23.8 Å². The van der Waals surface area contributed by atoms with Gasteiger partial charge in [-0.2, -0.15) is 18.2 Å². The Labute approximate surface area is 146 Å². The number of carbonyl (C=O) groups excluding carboxylic acids is 1. The minimum atomic E-state index is -4.54. The quantitative estimate of drug-likeness (QED) is 0.594. The lowest BCUT2D eigenvalue weighted by Gasteiger charge is -2.10. The molecule has 9 heteroatoms. The highest BCUT2D eigenvalue weighted by molar-refractivity contribution is 6.31. The molecule has 2 aromatic rings. The molecule has 5 nitrogen and oxygen atoms in total. The van der Waals surface area contributed by atoms with E-state index in [9.17, 15) is 18.0 Å². The van der Waals surface area contributed by atoms with Crippen molar-refractivity contribution in [1.82, 2.24) is 9.88 Å². The summed E-state index contributed by atoms with van der Waals surface area (Å²) in [6.07, 6.45) is -2.53. The van der Waals surface area contributed by atoms with Gasteiger partial charge in [0.15, 0.2) is 0 Å². The monoisotopic (exact) mass is 371 g/mol. The molecular weight excluding hydrogens is 359 g/mol. The highest BCUT2D eigenvalue weighted by atomic mass is 35.5. The van der Waals surface area contributed by atoms with E-state index >= 15 is 0 Å². The molecule has 0 aliphatic carbocycles. The fourth-order valence-corrected chi connectivity index (χ4v) is 1.88. The molecule has 0 fully saturated rings. The van der Waals surface area contributed by atoms with E-state index in [1.54, 1.807) is 19.0 Å². The second kappa shape index (κ2) is 7.52. The molecule has 0 unspecified atom stereocenters. The van der Waals surface area contributed by atoms with Crippen LogP contribution in [0.5, 0.6) is 11.6 Å². The average molecular weight is 372 g/mol. The van der Waals surface area contributed by atoms with Crippen LogP contribution in [0.1, 0.15) is 15.9 Å². The molecule has 1 aromatic carbocycles. The Morgan fingerprint density at radius 1 is 1.28 bits per heavy atom. The van der Waals surface area contributed by atoms with Gasteiger partial charge < -0.3 is 9.64 Å². The first-order chi connectivity index (χ1) is 11.7. The maximum atomic E-state index is 12.6. The minimum Gasteiger partial charge on any atom is -0.438 e. The molecule has 2 rings (SSSR count). The number of carbonyl (C=O) groups is 1. The molecule has 0 saturated carbocycles. The lowest BCUT2D eigenvalue weighted by atomic mass is 10.2. The number of hydrogen-bond donors (Lipinski definition) is 0. The lowest BCUT2D eigenvalue weighted by molar-refractivity contribution is -0.137. The highest BCUT2D eigenvalue weighted by Gasteiger charge is 2.31. The van der Waals surface area contributed by atoms with Crippen LogP contribution in [0.2, 0.25) is 5.02 Å². The second-order valence-electron chi connectivity index (χ2n) is 5.15. The van der Waals surface area contributed by atoms with Gasteiger partial charge in [0.2, 0.25) is 5.88 Å². The SMILES string of the molecule is CN(C)C=NC(=O)c1ccc(Oc2ncc(C(F)(F)F)cc2Cl)cc1. The van der Waals surface area contributed by atoms with Crippen LogP contribution in [0.25, 0.3) is 0 Å². The van der Waals surface area contributed by atoms with Gasteiger partial charge in [0.1, 0.15) is 10.8 Å². The third-order valence-electron chi connectivity index (χ3n) is 2.86. The van der Waals surface area contributed by atoms with Crippen LogP contribution in [0.3, 0.4) is 0 Å². The van der Waals surface area contributed by atoms with Crippen molar-refractivity contribution < 1.29 is 22.7 Å². The Balaban J connectivity index is 2.13. The first-order valence-corrected chi connectivity index (χ1v) is 7.30. The van der Waals surface area contributed by atoms with Crippen molar-refractivity contribution in [2.24, 2.45) is 4.99 Å². The molecule has 0 atom stereocenters. The summed E-state index contributed by atoms with van der Waals surface area (Å²) in [6, 6.07) is 6.62. The number of nitrogens with zero attached hydrogens (tertiary/aromatic N) is 3. The average Bonchev–Trinajstić information content (AvgIpc) is 2.54. The smallest absolute Gasteiger partial charge is 0.417 e. The van der Waals surface area contributed by atoms with Gasteiger partial charge in [-0.15, -0.1) is 0 Å². The molecule has 25 heavy (non-hydrogen) atoms.